The third-order valence-electron chi connectivity index (χ3n) is 2.05. The fourth-order valence-corrected chi connectivity index (χ4v) is 1.41. The smallest absolute Gasteiger partial charge is 0.183 e. The van der Waals surface area contributed by atoms with Crippen LogP contribution >= 0.6 is 11.6 Å². The van der Waals surface area contributed by atoms with Gasteiger partial charge in [0.1, 0.15) is 0 Å². The van der Waals surface area contributed by atoms with Crippen molar-refractivity contribution in [1.29, 1.82) is 0 Å². The van der Waals surface area contributed by atoms with Crippen molar-refractivity contribution < 1.29 is 9.13 Å². The van der Waals surface area contributed by atoms with E-state index >= 15 is 0 Å². The Balaban J connectivity index is 2.29. The Morgan fingerprint density at radius 3 is 2.88 bits per heavy atom. The minimum Gasteiger partial charge on any atom is -0.490 e. The number of ether oxygens (including phenoxy) is 1. The van der Waals surface area contributed by atoms with Crippen molar-refractivity contribution in [2.24, 2.45) is 0 Å². The lowest BCUT2D eigenvalue weighted by molar-refractivity contribution is 0.292. The number of rotatable bonds is 6. The lowest BCUT2D eigenvalue weighted by Crippen LogP contribution is -2.24. The molecule has 0 spiro atoms. The first kappa shape index (κ1) is 13.3. The van der Waals surface area contributed by atoms with Gasteiger partial charge in [-0.2, -0.15) is 0 Å². The molecule has 2 nitrogen and oxygen atoms in total. The molecule has 0 aromatic heterocycles. The molecule has 90 valence electrons. The first-order valence-corrected chi connectivity index (χ1v) is 5.79. The van der Waals surface area contributed by atoms with Gasteiger partial charge >= 0.3 is 0 Å². The van der Waals surface area contributed by atoms with E-state index < -0.39 is 5.82 Å². The van der Waals surface area contributed by atoms with Gasteiger partial charge < -0.3 is 10.1 Å². The molecule has 0 radical (unpaired) electrons. The minimum absolute atomic E-state index is 0.0952. The van der Waals surface area contributed by atoms with Crippen molar-refractivity contribution in [3.8, 4) is 5.75 Å². The van der Waals surface area contributed by atoms with Gasteiger partial charge in [0, 0.05) is 6.04 Å². The standard InChI is InChI=1S/C12H17ClFNO/c1-9(2)15-7-4-8-16-11-6-3-5-10(13)12(11)14/h3,5-6,9,15H,4,7-8H2,1-2H3. The van der Waals surface area contributed by atoms with Crippen LogP contribution in [-0.4, -0.2) is 19.2 Å². The number of hydrogen-bond acceptors (Lipinski definition) is 2. The Morgan fingerprint density at radius 2 is 2.19 bits per heavy atom. The average Bonchev–Trinajstić information content (AvgIpc) is 2.23. The number of benzene rings is 1. The molecule has 1 aromatic carbocycles. The van der Waals surface area contributed by atoms with Crippen molar-refractivity contribution in [1.82, 2.24) is 5.32 Å². The molecular formula is C12H17ClFNO. The summed E-state index contributed by atoms with van der Waals surface area (Å²) in [6, 6.07) is 5.22. The largest absolute Gasteiger partial charge is 0.490 e. The molecule has 1 rings (SSSR count). The van der Waals surface area contributed by atoms with Crippen LogP contribution in [0.2, 0.25) is 5.02 Å². The molecule has 0 saturated heterocycles. The third kappa shape index (κ3) is 4.37. The highest BCUT2D eigenvalue weighted by Gasteiger charge is 2.06. The van der Waals surface area contributed by atoms with E-state index in [4.69, 9.17) is 16.3 Å². The van der Waals surface area contributed by atoms with Crippen LogP contribution in [0.1, 0.15) is 20.3 Å². The molecule has 0 bridgehead atoms. The fourth-order valence-electron chi connectivity index (χ4n) is 1.24. The fraction of sp³-hybridized carbons (Fsp3) is 0.500. The molecule has 1 N–H and O–H groups in total. The van der Waals surface area contributed by atoms with Gasteiger partial charge in [-0.25, -0.2) is 4.39 Å². The lowest BCUT2D eigenvalue weighted by atomic mass is 10.3. The molecule has 4 heteroatoms. The maximum atomic E-state index is 13.4. The zero-order chi connectivity index (χ0) is 12.0. The summed E-state index contributed by atoms with van der Waals surface area (Å²) < 4.78 is 18.7. The van der Waals surface area contributed by atoms with Crippen LogP contribution in [-0.2, 0) is 0 Å². The summed E-state index contributed by atoms with van der Waals surface area (Å²) in [5.41, 5.74) is 0. The summed E-state index contributed by atoms with van der Waals surface area (Å²) >= 11 is 5.63. The second kappa shape index (κ2) is 6.71. The molecule has 1 aromatic rings. The Morgan fingerprint density at radius 1 is 1.44 bits per heavy atom. The number of hydrogen-bond donors (Lipinski definition) is 1. The van der Waals surface area contributed by atoms with Gasteiger partial charge in [0.25, 0.3) is 0 Å². The molecule has 0 amide bonds. The molecule has 0 fully saturated rings. The predicted octanol–water partition coefficient (Wildman–Crippen LogP) is 3.25. The zero-order valence-corrected chi connectivity index (χ0v) is 10.4. The summed E-state index contributed by atoms with van der Waals surface area (Å²) in [5.74, 6) is -0.266. The van der Waals surface area contributed by atoms with Gasteiger partial charge in [0.05, 0.1) is 11.6 Å². The summed E-state index contributed by atoms with van der Waals surface area (Å²) in [6.07, 6.45) is 0.837. The van der Waals surface area contributed by atoms with E-state index in [9.17, 15) is 4.39 Å². The maximum Gasteiger partial charge on any atom is 0.183 e. The zero-order valence-electron chi connectivity index (χ0n) is 9.59. The molecule has 0 aliphatic carbocycles. The van der Waals surface area contributed by atoms with E-state index in [1.165, 1.54) is 6.07 Å². The van der Waals surface area contributed by atoms with Crippen LogP contribution in [0.25, 0.3) is 0 Å². The highest BCUT2D eigenvalue weighted by atomic mass is 35.5. The van der Waals surface area contributed by atoms with E-state index in [2.05, 4.69) is 19.2 Å². The second-order valence-corrected chi connectivity index (χ2v) is 4.27. The minimum atomic E-state index is -0.485. The van der Waals surface area contributed by atoms with Gasteiger partial charge in [-0.3, -0.25) is 0 Å². The van der Waals surface area contributed by atoms with Crippen molar-refractivity contribution in [3.63, 3.8) is 0 Å². The van der Waals surface area contributed by atoms with Gasteiger partial charge in [0.15, 0.2) is 11.6 Å². The van der Waals surface area contributed by atoms with Crippen LogP contribution in [0.4, 0.5) is 4.39 Å². The Kier molecular flexibility index (Phi) is 5.56. The van der Waals surface area contributed by atoms with E-state index in [0.717, 1.165) is 13.0 Å². The van der Waals surface area contributed by atoms with Crippen LogP contribution in [0, 0.1) is 5.82 Å². The van der Waals surface area contributed by atoms with Gasteiger partial charge in [0.2, 0.25) is 0 Å². The lowest BCUT2D eigenvalue weighted by Gasteiger charge is -2.10. The molecule has 0 aliphatic heterocycles. The van der Waals surface area contributed by atoms with Crippen LogP contribution < -0.4 is 10.1 Å². The quantitative estimate of drug-likeness (QED) is 0.777. The number of halogens is 2. The summed E-state index contributed by atoms with van der Waals surface area (Å²) in [5, 5.41) is 3.35. The second-order valence-electron chi connectivity index (χ2n) is 3.86. The van der Waals surface area contributed by atoms with Crippen LogP contribution in [0.3, 0.4) is 0 Å². The first-order chi connectivity index (χ1) is 7.61. The van der Waals surface area contributed by atoms with E-state index in [-0.39, 0.29) is 10.8 Å². The molecular weight excluding hydrogens is 229 g/mol. The molecule has 0 unspecified atom stereocenters. The van der Waals surface area contributed by atoms with Gasteiger partial charge in [-0.05, 0) is 25.1 Å². The third-order valence-corrected chi connectivity index (χ3v) is 2.34. The monoisotopic (exact) mass is 245 g/mol. The van der Waals surface area contributed by atoms with Crippen molar-refractivity contribution >= 4 is 11.6 Å². The topological polar surface area (TPSA) is 21.3 Å². The SMILES string of the molecule is CC(C)NCCCOc1cccc(Cl)c1F. The molecule has 16 heavy (non-hydrogen) atoms. The Bertz CT molecular complexity index is 331. The highest BCUT2D eigenvalue weighted by molar-refractivity contribution is 6.30. The highest BCUT2D eigenvalue weighted by Crippen LogP contribution is 2.23. The summed E-state index contributed by atoms with van der Waals surface area (Å²) in [4.78, 5) is 0. The normalized spacial score (nSPS) is 10.8. The summed E-state index contributed by atoms with van der Waals surface area (Å²) in [6.45, 7) is 5.51. The Labute approximate surface area is 101 Å². The van der Waals surface area contributed by atoms with Crippen LogP contribution in [0.15, 0.2) is 18.2 Å². The first-order valence-electron chi connectivity index (χ1n) is 5.41. The van der Waals surface area contributed by atoms with Gasteiger partial charge in [-0.1, -0.05) is 31.5 Å². The predicted molar refractivity (Wildman–Crippen MR) is 64.7 cm³/mol. The van der Waals surface area contributed by atoms with Gasteiger partial charge in [-0.15, -0.1) is 0 Å². The number of nitrogens with one attached hydrogen (secondary N) is 1. The maximum absolute atomic E-state index is 13.4. The van der Waals surface area contributed by atoms with Crippen molar-refractivity contribution in [2.75, 3.05) is 13.2 Å². The van der Waals surface area contributed by atoms with E-state index in [1.54, 1.807) is 12.1 Å². The summed E-state index contributed by atoms with van der Waals surface area (Å²) in [7, 11) is 0. The molecule has 0 atom stereocenters. The van der Waals surface area contributed by atoms with E-state index in [1.807, 2.05) is 0 Å². The Hall–Kier alpha value is -0.800. The van der Waals surface area contributed by atoms with Crippen molar-refractivity contribution in [2.45, 2.75) is 26.3 Å². The van der Waals surface area contributed by atoms with Crippen molar-refractivity contribution in [3.05, 3.63) is 29.0 Å². The average molecular weight is 246 g/mol. The van der Waals surface area contributed by atoms with E-state index in [0.29, 0.717) is 12.6 Å². The molecule has 0 saturated carbocycles. The molecule has 0 aliphatic rings. The van der Waals surface area contributed by atoms with Crippen LogP contribution in [0.5, 0.6) is 5.75 Å². The molecule has 0 heterocycles.